The summed E-state index contributed by atoms with van der Waals surface area (Å²) >= 11 is 0. The second-order valence-corrected chi connectivity index (χ2v) is 7.71. The standard InChI is InChI=1S/C19H30O/c1-5-15-6-8-16(9-7-15)14-19(20)12-10-17(11-13-19)18(2,3)4/h6-9,17,20H,5,10-14H2,1-4H3. The Kier molecular flexibility index (Phi) is 4.59. The van der Waals surface area contributed by atoms with E-state index in [1.807, 2.05) is 0 Å². The van der Waals surface area contributed by atoms with Crippen molar-refractivity contribution in [3.8, 4) is 0 Å². The summed E-state index contributed by atoms with van der Waals surface area (Å²) in [6, 6.07) is 8.76. The van der Waals surface area contributed by atoms with Crippen LogP contribution >= 0.6 is 0 Å². The summed E-state index contributed by atoms with van der Waals surface area (Å²) in [4.78, 5) is 0. The summed E-state index contributed by atoms with van der Waals surface area (Å²) in [5, 5.41) is 10.8. The summed E-state index contributed by atoms with van der Waals surface area (Å²) < 4.78 is 0. The lowest BCUT2D eigenvalue weighted by Crippen LogP contribution is -2.39. The Morgan fingerprint density at radius 3 is 2.00 bits per heavy atom. The zero-order chi connectivity index (χ0) is 14.8. The normalized spacial score (nSPS) is 27.6. The number of hydrogen-bond donors (Lipinski definition) is 1. The highest BCUT2D eigenvalue weighted by Gasteiger charge is 2.37. The molecule has 20 heavy (non-hydrogen) atoms. The Morgan fingerprint density at radius 2 is 1.55 bits per heavy atom. The van der Waals surface area contributed by atoms with E-state index in [-0.39, 0.29) is 0 Å². The third-order valence-electron chi connectivity index (χ3n) is 5.11. The van der Waals surface area contributed by atoms with E-state index in [1.54, 1.807) is 0 Å². The molecule has 0 radical (unpaired) electrons. The van der Waals surface area contributed by atoms with E-state index in [0.29, 0.717) is 5.41 Å². The molecule has 0 amide bonds. The average molecular weight is 274 g/mol. The van der Waals surface area contributed by atoms with Crippen LogP contribution in [0.2, 0.25) is 0 Å². The van der Waals surface area contributed by atoms with Crippen molar-refractivity contribution in [3.63, 3.8) is 0 Å². The SMILES string of the molecule is CCc1ccc(CC2(O)CCC(C(C)(C)C)CC2)cc1. The lowest BCUT2D eigenvalue weighted by Gasteiger charge is -2.41. The van der Waals surface area contributed by atoms with Gasteiger partial charge < -0.3 is 5.11 Å². The van der Waals surface area contributed by atoms with Crippen LogP contribution < -0.4 is 0 Å². The number of rotatable bonds is 3. The number of aryl methyl sites for hydroxylation is 1. The molecule has 0 heterocycles. The monoisotopic (exact) mass is 274 g/mol. The summed E-state index contributed by atoms with van der Waals surface area (Å²) in [7, 11) is 0. The first-order valence-electron chi connectivity index (χ1n) is 8.13. The van der Waals surface area contributed by atoms with E-state index < -0.39 is 5.60 Å². The lowest BCUT2D eigenvalue weighted by molar-refractivity contribution is -0.0245. The molecule has 1 aliphatic rings. The molecule has 1 nitrogen and oxygen atoms in total. The number of hydrogen-bond acceptors (Lipinski definition) is 1. The van der Waals surface area contributed by atoms with Crippen molar-refractivity contribution in [2.75, 3.05) is 0 Å². The highest BCUT2D eigenvalue weighted by molar-refractivity contribution is 5.24. The molecule has 1 saturated carbocycles. The zero-order valence-corrected chi connectivity index (χ0v) is 13.6. The van der Waals surface area contributed by atoms with Crippen LogP contribution in [0.25, 0.3) is 0 Å². The first-order valence-corrected chi connectivity index (χ1v) is 8.13. The second-order valence-electron chi connectivity index (χ2n) is 7.71. The van der Waals surface area contributed by atoms with E-state index in [1.165, 1.54) is 11.1 Å². The van der Waals surface area contributed by atoms with Crippen LogP contribution in [0.15, 0.2) is 24.3 Å². The summed E-state index contributed by atoms with van der Waals surface area (Å²) in [5.74, 6) is 0.755. The molecule has 0 bridgehead atoms. The predicted molar refractivity (Wildman–Crippen MR) is 85.9 cm³/mol. The van der Waals surface area contributed by atoms with Crippen LogP contribution in [0.3, 0.4) is 0 Å². The summed E-state index contributed by atoms with van der Waals surface area (Å²) in [5.41, 5.74) is 2.55. The first-order chi connectivity index (χ1) is 9.32. The summed E-state index contributed by atoms with van der Waals surface area (Å²) in [6.45, 7) is 9.15. The fraction of sp³-hybridized carbons (Fsp3) is 0.684. The maximum absolute atomic E-state index is 10.8. The lowest BCUT2D eigenvalue weighted by atomic mass is 9.67. The smallest absolute Gasteiger partial charge is 0.0688 e. The fourth-order valence-corrected chi connectivity index (χ4v) is 3.47. The number of benzene rings is 1. The zero-order valence-electron chi connectivity index (χ0n) is 13.6. The Bertz CT molecular complexity index is 416. The van der Waals surface area contributed by atoms with Crippen LogP contribution in [0.5, 0.6) is 0 Å². The third kappa shape index (κ3) is 3.85. The van der Waals surface area contributed by atoms with Crippen LogP contribution in [-0.4, -0.2) is 10.7 Å². The molecular weight excluding hydrogens is 244 g/mol. The van der Waals surface area contributed by atoms with E-state index >= 15 is 0 Å². The maximum Gasteiger partial charge on any atom is 0.0688 e. The van der Waals surface area contributed by atoms with Crippen molar-refractivity contribution in [2.45, 2.75) is 71.8 Å². The predicted octanol–water partition coefficient (Wildman–Crippen LogP) is 4.76. The molecule has 1 aromatic carbocycles. The van der Waals surface area contributed by atoms with Gasteiger partial charge in [-0.25, -0.2) is 0 Å². The molecule has 0 spiro atoms. The second kappa shape index (κ2) is 5.89. The highest BCUT2D eigenvalue weighted by Crippen LogP contribution is 2.42. The Morgan fingerprint density at radius 1 is 1.05 bits per heavy atom. The van der Waals surface area contributed by atoms with Crippen molar-refractivity contribution in [1.29, 1.82) is 0 Å². The molecular formula is C19H30O. The minimum absolute atomic E-state index is 0.379. The van der Waals surface area contributed by atoms with E-state index in [0.717, 1.165) is 44.4 Å². The van der Waals surface area contributed by atoms with Crippen molar-refractivity contribution < 1.29 is 5.11 Å². The van der Waals surface area contributed by atoms with Crippen LogP contribution in [-0.2, 0) is 12.8 Å². The van der Waals surface area contributed by atoms with Crippen LogP contribution in [0.4, 0.5) is 0 Å². The molecule has 1 aromatic rings. The first kappa shape index (κ1) is 15.6. The van der Waals surface area contributed by atoms with Crippen LogP contribution in [0, 0.1) is 11.3 Å². The molecule has 2 rings (SSSR count). The Hall–Kier alpha value is -0.820. The maximum atomic E-state index is 10.8. The minimum Gasteiger partial charge on any atom is -0.390 e. The largest absolute Gasteiger partial charge is 0.390 e. The van der Waals surface area contributed by atoms with Gasteiger partial charge in [0.05, 0.1) is 5.60 Å². The average Bonchev–Trinajstić information content (AvgIpc) is 2.38. The molecule has 0 aliphatic heterocycles. The summed E-state index contributed by atoms with van der Waals surface area (Å²) in [6.07, 6.45) is 6.11. The fourth-order valence-electron chi connectivity index (χ4n) is 3.47. The van der Waals surface area contributed by atoms with E-state index in [9.17, 15) is 5.11 Å². The van der Waals surface area contributed by atoms with Gasteiger partial charge in [-0.3, -0.25) is 0 Å². The molecule has 0 aromatic heterocycles. The van der Waals surface area contributed by atoms with Crippen LogP contribution in [0.1, 0.15) is 64.5 Å². The van der Waals surface area contributed by atoms with Gasteiger partial charge in [-0.15, -0.1) is 0 Å². The Labute approximate surface area is 124 Å². The van der Waals surface area contributed by atoms with Gasteiger partial charge in [0.15, 0.2) is 0 Å². The van der Waals surface area contributed by atoms with Gasteiger partial charge in [-0.05, 0) is 54.6 Å². The molecule has 0 atom stereocenters. The van der Waals surface area contributed by atoms with Crippen molar-refractivity contribution >= 4 is 0 Å². The van der Waals surface area contributed by atoms with Gasteiger partial charge >= 0.3 is 0 Å². The van der Waals surface area contributed by atoms with Crippen molar-refractivity contribution in [2.24, 2.45) is 11.3 Å². The molecule has 1 aliphatic carbocycles. The molecule has 0 unspecified atom stereocenters. The van der Waals surface area contributed by atoms with E-state index in [2.05, 4.69) is 52.0 Å². The number of aliphatic hydroxyl groups is 1. The van der Waals surface area contributed by atoms with Gasteiger partial charge in [0.2, 0.25) is 0 Å². The van der Waals surface area contributed by atoms with Gasteiger partial charge in [0.25, 0.3) is 0 Å². The topological polar surface area (TPSA) is 20.2 Å². The molecule has 112 valence electrons. The Balaban J connectivity index is 1.96. The highest BCUT2D eigenvalue weighted by atomic mass is 16.3. The van der Waals surface area contributed by atoms with Crippen molar-refractivity contribution in [1.82, 2.24) is 0 Å². The minimum atomic E-state index is -0.477. The quantitative estimate of drug-likeness (QED) is 0.842. The molecule has 1 N–H and O–H groups in total. The molecule has 1 heteroatoms. The third-order valence-corrected chi connectivity index (χ3v) is 5.11. The van der Waals surface area contributed by atoms with Crippen molar-refractivity contribution in [3.05, 3.63) is 35.4 Å². The molecule has 1 fully saturated rings. The van der Waals surface area contributed by atoms with Gasteiger partial charge in [-0.2, -0.15) is 0 Å². The van der Waals surface area contributed by atoms with Gasteiger partial charge in [0.1, 0.15) is 0 Å². The van der Waals surface area contributed by atoms with Gasteiger partial charge in [-0.1, -0.05) is 52.0 Å². The van der Waals surface area contributed by atoms with Gasteiger partial charge in [0, 0.05) is 6.42 Å². The molecule has 0 saturated heterocycles. The van der Waals surface area contributed by atoms with E-state index in [4.69, 9.17) is 0 Å².